The van der Waals surface area contributed by atoms with E-state index in [0.717, 1.165) is 30.7 Å². The molecule has 2 aromatic carbocycles. The van der Waals surface area contributed by atoms with Crippen molar-refractivity contribution in [2.45, 2.75) is 57.0 Å². The molecule has 1 saturated carbocycles. The van der Waals surface area contributed by atoms with E-state index >= 15 is 0 Å². The Kier molecular flexibility index (Phi) is 6.59. The molecule has 1 N–H and O–H groups in total. The number of hydrogen-bond acceptors (Lipinski definition) is 3. The Hall–Kier alpha value is -2.82. The Morgan fingerprint density at radius 1 is 1.10 bits per heavy atom. The zero-order valence-electron chi connectivity index (χ0n) is 18.3. The number of benzene rings is 2. The highest BCUT2D eigenvalue weighted by Crippen LogP contribution is 2.32. The van der Waals surface area contributed by atoms with Crippen LogP contribution in [0.4, 0.5) is 0 Å². The number of carbonyl (C=O) groups is 2. The van der Waals surface area contributed by atoms with Gasteiger partial charge >= 0.3 is 0 Å². The molecule has 2 fully saturated rings. The molecule has 1 atom stereocenters. The summed E-state index contributed by atoms with van der Waals surface area (Å²) in [5.41, 5.74) is 1.97. The number of nitrogens with one attached hydrogen (secondary N) is 1. The van der Waals surface area contributed by atoms with E-state index < -0.39 is 0 Å². The molecule has 5 nitrogen and oxygen atoms in total. The summed E-state index contributed by atoms with van der Waals surface area (Å²) in [6.07, 6.45) is 5.59. The van der Waals surface area contributed by atoms with E-state index in [0.29, 0.717) is 31.7 Å². The maximum absolute atomic E-state index is 13.2. The van der Waals surface area contributed by atoms with Crippen LogP contribution in [-0.4, -0.2) is 35.9 Å². The second-order valence-corrected chi connectivity index (χ2v) is 9.06. The molecule has 0 bridgehead atoms. The molecular formula is C26H32N2O3. The normalized spacial score (nSPS) is 20.4. The van der Waals surface area contributed by atoms with Gasteiger partial charge in [-0.25, -0.2) is 0 Å². The first kappa shape index (κ1) is 21.4. The lowest BCUT2D eigenvalue weighted by molar-refractivity contribution is -0.132. The smallest absolute Gasteiger partial charge is 0.222 e. The Labute approximate surface area is 184 Å². The van der Waals surface area contributed by atoms with Crippen molar-refractivity contribution in [3.63, 3.8) is 0 Å². The van der Waals surface area contributed by atoms with Crippen molar-refractivity contribution in [1.82, 2.24) is 10.2 Å². The van der Waals surface area contributed by atoms with Crippen LogP contribution in [0.3, 0.4) is 0 Å². The summed E-state index contributed by atoms with van der Waals surface area (Å²) >= 11 is 0. The minimum absolute atomic E-state index is 0.0834. The van der Waals surface area contributed by atoms with E-state index in [1.165, 1.54) is 18.4 Å². The average Bonchev–Trinajstić information content (AvgIpc) is 3.54. The van der Waals surface area contributed by atoms with E-state index in [1.54, 1.807) is 7.11 Å². The Morgan fingerprint density at radius 3 is 2.45 bits per heavy atom. The predicted molar refractivity (Wildman–Crippen MR) is 121 cm³/mol. The number of amides is 2. The van der Waals surface area contributed by atoms with Crippen LogP contribution >= 0.6 is 0 Å². The van der Waals surface area contributed by atoms with E-state index in [9.17, 15) is 9.59 Å². The molecule has 164 valence electrons. The van der Waals surface area contributed by atoms with Gasteiger partial charge in [0.15, 0.2) is 0 Å². The molecule has 5 heteroatoms. The number of hydrogen-bond donors (Lipinski definition) is 1. The van der Waals surface area contributed by atoms with Crippen molar-refractivity contribution in [2.75, 3.05) is 13.7 Å². The van der Waals surface area contributed by atoms with Crippen molar-refractivity contribution in [3.05, 3.63) is 65.7 Å². The van der Waals surface area contributed by atoms with Crippen molar-refractivity contribution >= 4 is 11.8 Å². The first-order chi connectivity index (χ1) is 15.0. The van der Waals surface area contributed by atoms with Crippen LogP contribution in [0.2, 0.25) is 0 Å². The lowest BCUT2D eigenvalue weighted by Crippen LogP contribution is -2.45. The maximum atomic E-state index is 13.2. The lowest BCUT2D eigenvalue weighted by atomic mass is 9.85. The third-order valence-corrected chi connectivity index (χ3v) is 6.50. The summed E-state index contributed by atoms with van der Waals surface area (Å²) in [6, 6.07) is 18.2. The quantitative estimate of drug-likeness (QED) is 0.629. The summed E-state index contributed by atoms with van der Waals surface area (Å²) < 4.78 is 5.25. The van der Waals surface area contributed by atoms with E-state index in [-0.39, 0.29) is 17.4 Å². The molecular weight excluding hydrogens is 388 g/mol. The maximum Gasteiger partial charge on any atom is 0.222 e. The van der Waals surface area contributed by atoms with Gasteiger partial charge in [0.2, 0.25) is 11.8 Å². The third-order valence-electron chi connectivity index (χ3n) is 6.50. The van der Waals surface area contributed by atoms with Gasteiger partial charge in [0.25, 0.3) is 0 Å². The molecule has 0 unspecified atom stereocenters. The Bertz CT molecular complexity index is 893. The van der Waals surface area contributed by atoms with Gasteiger partial charge in [-0.2, -0.15) is 0 Å². The fourth-order valence-corrected chi connectivity index (χ4v) is 4.49. The molecule has 1 aliphatic carbocycles. The molecule has 2 amide bonds. The summed E-state index contributed by atoms with van der Waals surface area (Å²) in [4.78, 5) is 27.3. The third kappa shape index (κ3) is 5.87. The fraction of sp³-hybridized carbons (Fsp3) is 0.462. The molecule has 0 aromatic heterocycles. The van der Waals surface area contributed by atoms with Crippen LogP contribution in [-0.2, 0) is 22.6 Å². The molecule has 1 heterocycles. The number of methoxy groups -OCH3 is 1. The summed E-state index contributed by atoms with van der Waals surface area (Å²) in [5, 5.41) is 3.20. The Morgan fingerprint density at radius 2 is 1.84 bits per heavy atom. The van der Waals surface area contributed by atoms with Crippen molar-refractivity contribution < 1.29 is 14.3 Å². The summed E-state index contributed by atoms with van der Waals surface area (Å²) in [7, 11) is 1.65. The summed E-state index contributed by atoms with van der Waals surface area (Å²) in [6.45, 7) is 1.50. The first-order valence-corrected chi connectivity index (χ1v) is 11.3. The van der Waals surface area contributed by atoms with Crippen molar-refractivity contribution in [1.29, 1.82) is 0 Å². The van der Waals surface area contributed by atoms with Crippen LogP contribution < -0.4 is 10.1 Å². The largest absolute Gasteiger partial charge is 0.497 e. The van der Waals surface area contributed by atoms with Gasteiger partial charge in [0.05, 0.1) is 7.11 Å². The van der Waals surface area contributed by atoms with Gasteiger partial charge < -0.3 is 15.0 Å². The minimum Gasteiger partial charge on any atom is -0.497 e. The van der Waals surface area contributed by atoms with Crippen LogP contribution in [0.1, 0.15) is 49.7 Å². The second-order valence-electron chi connectivity index (χ2n) is 9.06. The highest BCUT2D eigenvalue weighted by molar-refractivity contribution is 5.80. The van der Waals surface area contributed by atoms with Crippen LogP contribution in [0.25, 0.3) is 0 Å². The molecule has 2 aliphatic rings. The second kappa shape index (κ2) is 9.54. The van der Waals surface area contributed by atoms with Gasteiger partial charge in [0.1, 0.15) is 5.75 Å². The molecule has 31 heavy (non-hydrogen) atoms. The zero-order chi connectivity index (χ0) is 21.7. The molecule has 4 rings (SSSR count). The van der Waals surface area contributed by atoms with Crippen molar-refractivity contribution in [3.8, 4) is 5.75 Å². The molecule has 0 spiro atoms. The van der Waals surface area contributed by atoms with Crippen LogP contribution in [0, 0.1) is 5.92 Å². The standard InChI is InChI=1S/C26H32N2O3/c1-31-23-11-9-20(10-12-23)17-26(15-13-24(29)27-26)16-14-25(30)28(19-22-7-8-22)18-21-5-3-2-4-6-21/h2-6,9-12,22H,7-8,13-19H2,1H3,(H,27,29)/t26-/m0/s1. The van der Waals surface area contributed by atoms with Gasteiger partial charge in [0, 0.05) is 31.5 Å². The number of ether oxygens (including phenoxy) is 1. The monoisotopic (exact) mass is 420 g/mol. The zero-order valence-corrected chi connectivity index (χ0v) is 18.3. The highest BCUT2D eigenvalue weighted by atomic mass is 16.5. The first-order valence-electron chi connectivity index (χ1n) is 11.3. The lowest BCUT2D eigenvalue weighted by Gasteiger charge is -2.31. The molecule has 2 aromatic rings. The highest BCUT2D eigenvalue weighted by Gasteiger charge is 2.38. The summed E-state index contributed by atoms with van der Waals surface area (Å²) in [5.74, 6) is 1.73. The van der Waals surface area contributed by atoms with Crippen LogP contribution in [0.15, 0.2) is 54.6 Å². The molecule has 1 saturated heterocycles. The molecule has 0 radical (unpaired) electrons. The van der Waals surface area contributed by atoms with E-state index in [1.807, 2.05) is 47.4 Å². The average molecular weight is 421 g/mol. The predicted octanol–water partition coefficient (Wildman–Crippen LogP) is 4.11. The van der Waals surface area contributed by atoms with E-state index in [4.69, 9.17) is 4.74 Å². The fourth-order valence-electron chi connectivity index (χ4n) is 4.49. The topological polar surface area (TPSA) is 58.6 Å². The van der Waals surface area contributed by atoms with Gasteiger partial charge in [-0.1, -0.05) is 42.5 Å². The number of carbonyl (C=O) groups excluding carboxylic acids is 2. The number of nitrogens with zero attached hydrogens (tertiary/aromatic N) is 1. The number of rotatable bonds is 10. The minimum atomic E-state index is -0.348. The SMILES string of the molecule is COc1ccc(C[C@@]2(CCC(=O)N(Cc3ccccc3)CC3CC3)CCC(=O)N2)cc1. The Balaban J connectivity index is 1.42. The van der Waals surface area contributed by atoms with Gasteiger partial charge in [-0.15, -0.1) is 0 Å². The van der Waals surface area contributed by atoms with Crippen LogP contribution in [0.5, 0.6) is 5.75 Å². The van der Waals surface area contributed by atoms with E-state index in [2.05, 4.69) is 17.4 Å². The van der Waals surface area contributed by atoms with Gasteiger partial charge in [-0.3, -0.25) is 9.59 Å². The van der Waals surface area contributed by atoms with Crippen molar-refractivity contribution in [2.24, 2.45) is 5.92 Å². The molecule has 1 aliphatic heterocycles. The van der Waals surface area contributed by atoms with Gasteiger partial charge in [-0.05, 0) is 61.3 Å².